The van der Waals surface area contributed by atoms with Gasteiger partial charge in [0, 0.05) is 18.4 Å². The van der Waals surface area contributed by atoms with Crippen LogP contribution < -0.4 is 16.0 Å². The van der Waals surface area contributed by atoms with Crippen LogP contribution in [-0.4, -0.2) is 19.0 Å². The zero-order valence-electron chi connectivity index (χ0n) is 16.1. The molecule has 1 aliphatic rings. The predicted octanol–water partition coefficient (Wildman–Crippen LogP) is 4.47. The van der Waals surface area contributed by atoms with Gasteiger partial charge in [-0.15, -0.1) is 0 Å². The first-order chi connectivity index (χ1) is 13.4. The number of rotatable bonds is 5. The Kier molecular flexibility index (Phi) is 5.97. The number of nitrogens with two attached hydrogens (primary N) is 1. The largest absolute Gasteiger partial charge is 0.351 e. The number of primary amides is 1. The molecule has 5 nitrogen and oxygen atoms in total. The molecule has 0 aliphatic heterocycles. The second kappa shape index (κ2) is 8.42. The molecule has 28 heavy (non-hydrogen) atoms. The molecular weight excluding hydrogens is 357 g/mol. The van der Waals surface area contributed by atoms with E-state index in [0.717, 1.165) is 37.7 Å². The summed E-state index contributed by atoms with van der Waals surface area (Å²) < 4.78 is 13.6. The minimum absolute atomic E-state index is 0.0599. The Hall–Kier alpha value is -2.89. The van der Waals surface area contributed by atoms with E-state index in [-0.39, 0.29) is 11.7 Å². The molecule has 0 bridgehead atoms. The van der Waals surface area contributed by atoms with Crippen LogP contribution in [0.2, 0.25) is 0 Å². The molecule has 0 heterocycles. The van der Waals surface area contributed by atoms with Gasteiger partial charge in [-0.2, -0.15) is 0 Å². The summed E-state index contributed by atoms with van der Waals surface area (Å²) in [7, 11) is 1.58. The lowest BCUT2D eigenvalue weighted by molar-refractivity contribution is -0.127. The molecule has 3 N–H and O–H groups in total. The van der Waals surface area contributed by atoms with Crippen LogP contribution in [0.1, 0.15) is 37.7 Å². The zero-order chi connectivity index (χ0) is 20.1. The third kappa shape index (κ3) is 4.50. The number of hydrogen-bond donors (Lipinski definition) is 2. The van der Waals surface area contributed by atoms with Crippen LogP contribution in [0.5, 0.6) is 0 Å². The number of nitrogens with zero attached hydrogens (tertiary/aromatic N) is 1. The highest BCUT2D eigenvalue weighted by Crippen LogP contribution is 2.40. The van der Waals surface area contributed by atoms with E-state index in [2.05, 4.69) is 5.32 Å². The van der Waals surface area contributed by atoms with Crippen LogP contribution in [-0.2, 0) is 11.2 Å². The molecule has 1 saturated carbocycles. The molecule has 2 aromatic carbocycles. The summed E-state index contributed by atoms with van der Waals surface area (Å²) in [4.78, 5) is 26.0. The normalized spacial score (nSPS) is 15.6. The number of hydrogen-bond acceptors (Lipinski definition) is 2. The van der Waals surface area contributed by atoms with Gasteiger partial charge in [-0.05, 0) is 55.2 Å². The van der Waals surface area contributed by atoms with Crippen LogP contribution in [0.25, 0.3) is 0 Å². The smallest absolute Gasteiger partial charge is 0.318 e. The number of amides is 3. The van der Waals surface area contributed by atoms with Crippen molar-refractivity contribution >= 4 is 23.3 Å². The van der Waals surface area contributed by atoms with E-state index in [4.69, 9.17) is 5.73 Å². The van der Waals surface area contributed by atoms with Crippen LogP contribution in [0.15, 0.2) is 48.5 Å². The lowest BCUT2D eigenvalue weighted by Crippen LogP contribution is -2.40. The van der Waals surface area contributed by atoms with Crippen molar-refractivity contribution in [1.29, 1.82) is 0 Å². The third-order valence-electron chi connectivity index (χ3n) is 5.55. The predicted molar refractivity (Wildman–Crippen MR) is 109 cm³/mol. The van der Waals surface area contributed by atoms with Crippen LogP contribution in [0.4, 0.5) is 20.6 Å². The first-order valence-corrected chi connectivity index (χ1v) is 9.59. The van der Waals surface area contributed by atoms with Crippen LogP contribution in [0, 0.1) is 11.2 Å². The van der Waals surface area contributed by atoms with Crippen molar-refractivity contribution in [1.82, 2.24) is 0 Å². The Morgan fingerprint density at radius 3 is 2.50 bits per heavy atom. The number of benzene rings is 2. The molecule has 0 radical (unpaired) electrons. The molecule has 6 heteroatoms. The Morgan fingerprint density at radius 1 is 1.11 bits per heavy atom. The molecule has 1 aliphatic carbocycles. The molecule has 0 atom stereocenters. The summed E-state index contributed by atoms with van der Waals surface area (Å²) in [5.41, 5.74) is 6.81. The van der Waals surface area contributed by atoms with Crippen molar-refractivity contribution < 1.29 is 14.0 Å². The summed E-state index contributed by atoms with van der Waals surface area (Å²) in [6.45, 7) is 0. The van der Waals surface area contributed by atoms with Gasteiger partial charge in [0.2, 0.25) is 5.91 Å². The van der Waals surface area contributed by atoms with Crippen LogP contribution in [0.3, 0.4) is 0 Å². The molecule has 3 rings (SSSR count). The van der Waals surface area contributed by atoms with E-state index in [0.29, 0.717) is 17.8 Å². The molecule has 0 saturated heterocycles. The second-order valence-corrected chi connectivity index (χ2v) is 7.55. The van der Waals surface area contributed by atoms with E-state index in [1.54, 1.807) is 37.4 Å². The van der Waals surface area contributed by atoms with Gasteiger partial charge in [0.1, 0.15) is 5.82 Å². The lowest BCUT2D eigenvalue weighted by atomic mass is 9.69. The second-order valence-electron chi connectivity index (χ2n) is 7.55. The number of nitrogens with one attached hydrogen (secondary N) is 1. The SMILES string of the molecule is CN(C(N)=O)c1cccc(NC(=O)C2(Cc3cccc(F)c3)CCCCC2)c1. The summed E-state index contributed by atoms with van der Waals surface area (Å²) in [6.07, 6.45) is 5.13. The summed E-state index contributed by atoms with van der Waals surface area (Å²) in [5, 5.41) is 3.01. The Labute approximate surface area is 164 Å². The maximum Gasteiger partial charge on any atom is 0.318 e. The van der Waals surface area contributed by atoms with E-state index >= 15 is 0 Å². The minimum atomic E-state index is -0.571. The standard InChI is InChI=1S/C22H26FN3O2/c1-26(21(24)28)19-10-6-9-18(14-19)25-20(27)22(11-3-2-4-12-22)15-16-7-5-8-17(23)13-16/h5-10,13-14H,2-4,11-12,15H2,1H3,(H2,24,28)(H,25,27). The topological polar surface area (TPSA) is 75.4 Å². The van der Waals surface area contributed by atoms with Crippen molar-refractivity contribution in [3.05, 3.63) is 59.9 Å². The summed E-state index contributed by atoms with van der Waals surface area (Å²) in [6, 6.07) is 12.9. The highest BCUT2D eigenvalue weighted by molar-refractivity contribution is 5.97. The Morgan fingerprint density at radius 2 is 1.82 bits per heavy atom. The minimum Gasteiger partial charge on any atom is -0.351 e. The maximum atomic E-state index is 13.6. The fourth-order valence-corrected chi connectivity index (χ4v) is 3.93. The van der Waals surface area contributed by atoms with E-state index < -0.39 is 11.4 Å². The Bertz CT molecular complexity index is 862. The van der Waals surface area contributed by atoms with Crippen molar-refractivity contribution in [2.24, 2.45) is 11.1 Å². The number of urea groups is 1. The number of anilines is 2. The number of carbonyl (C=O) groups excluding carboxylic acids is 2. The van der Waals surface area contributed by atoms with Crippen molar-refractivity contribution in [3.8, 4) is 0 Å². The van der Waals surface area contributed by atoms with E-state index in [1.165, 1.54) is 17.0 Å². The fraction of sp³-hybridized carbons (Fsp3) is 0.364. The maximum absolute atomic E-state index is 13.6. The molecule has 148 valence electrons. The average Bonchev–Trinajstić information content (AvgIpc) is 2.68. The van der Waals surface area contributed by atoms with Crippen molar-refractivity contribution in [2.45, 2.75) is 38.5 Å². The molecule has 0 unspecified atom stereocenters. The molecule has 0 spiro atoms. The highest BCUT2D eigenvalue weighted by Gasteiger charge is 2.39. The van der Waals surface area contributed by atoms with Crippen molar-refractivity contribution in [2.75, 3.05) is 17.3 Å². The van der Waals surface area contributed by atoms with Gasteiger partial charge in [0.05, 0.1) is 5.41 Å². The molecule has 2 aromatic rings. The monoisotopic (exact) mass is 383 g/mol. The van der Waals surface area contributed by atoms with Gasteiger partial charge in [0.15, 0.2) is 0 Å². The molecule has 3 amide bonds. The van der Waals surface area contributed by atoms with Crippen LogP contribution >= 0.6 is 0 Å². The third-order valence-corrected chi connectivity index (χ3v) is 5.55. The van der Waals surface area contributed by atoms with E-state index in [1.807, 2.05) is 6.07 Å². The van der Waals surface area contributed by atoms with Gasteiger partial charge < -0.3 is 11.1 Å². The number of carbonyl (C=O) groups is 2. The highest BCUT2D eigenvalue weighted by atomic mass is 19.1. The van der Waals surface area contributed by atoms with Crippen molar-refractivity contribution in [3.63, 3.8) is 0 Å². The lowest BCUT2D eigenvalue weighted by Gasteiger charge is -2.36. The molecule has 1 fully saturated rings. The zero-order valence-corrected chi connectivity index (χ0v) is 16.1. The first kappa shape index (κ1) is 19.9. The van der Waals surface area contributed by atoms with Gasteiger partial charge in [-0.1, -0.05) is 37.5 Å². The van der Waals surface area contributed by atoms with Gasteiger partial charge in [-0.25, -0.2) is 9.18 Å². The summed E-state index contributed by atoms with van der Waals surface area (Å²) >= 11 is 0. The molecular formula is C22H26FN3O2. The molecule has 0 aromatic heterocycles. The Balaban J connectivity index is 1.82. The quantitative estimate of drug-likeness (QED) is 0.799. The first-order valence-electron chi connectivity index (χ1n) is 9.59. The number of halogens is 1. The fourth-order valence-electron chi connectivity index (χ4n) is 3.93. The van der Waals surface area contributed by atoms with Gasteiger partial charge >= 0.3 is 6.03 Å². The van der Waals surface area contributed by atoms with Gasteiger partial charge in [-0.3, -0.25) is 9.69 Å². The average molecular weight is 383 g/mol. The van der Waals surface area contributed by atoms with E-state index in [9.17, 15) is 14.0 Å². The van der Waals surface area contributed by atoms with Gasteiger partial charge in [0.25, 0.3) is 0 Å². The summed E-state index contributed by atoms with van der Waals surface area (Å²) in [5.74, 6) is -0.346.